The van der Waals surface area contributed by atoms with Crippen LogP contribution in [-0.2, 0) is 4.79 Å². The number of anilines is 1. The molecule has 1 aliphatic rings. The third-order valence-corrected chi connectivity index (χ3v) is 4.55. The molecule has 1 aliphatic heterocycles. The smallest absolute Gasteiger partial charge is 0.224 e. The molecule has 0 unspecified atom stereocenters. The zero-order valence-electron chi connectivity index (χ0n) is 14.7. The first-order valence-corrected chi connectivity index (χ1v) is 8.85. The van der Waals surface area contributed by atoms with Gasteiger partial charge in [-0.15, -0.1) is 0 Å². The highest BCUT2D eigenvalue weighted by atomic mass is 35.5. The minimum Gasteiger partial charge on any atom is -0.436 e. The van der Waals surface area contributed by atoms with Crippen molar-refractivity contribution in [2.45, 2.75) is 26.3 Å². The lowest BCUT2D eigenvalue weighted by Gasteiger charge is -2.40. The molecule has 0 bridgehead atoms. The SMILES string of the molecule is CCC(=O)N1CCN(c2cc(Oc3ccc(Cl)cc3F)ncn2)C[C@@H]1C. The monoisotopic (exact) mass is 378 g/mol. The number of amides is 1. The molecule has 1 fully saturated rings. The Morgan fingerprint density at radius 2 is 2.15 bits per heavy atom. The maximum Gasteiger partial charge on any atom is 0.224 e. The molecule has 1 atom stereocenters. The fraction of sp³-hybridized carbons (Fsp3) is 0.389. The summed E-state index contributed by atoms with van der Waals surface area (Å²) in [6.07, 6.45) is 1.88. The van der Waals surface area contributed by atoms with Crippen LogP contribution in [0, 0.1) is 5.82 Å². The topological polar surface area (TPSA) is 58.6 Å². The van der Waals surface area contributed by atoms with Crippen molar-refractivity contribution in [3.63, 3.8) is 0 Å². The molecule has 1 saturated heterocycles. The molecule has 2 aromatic rings. The Balaban J connectivity index is 1.72. The molecular weight excluding hydrogens is 359 g/mol. The van der Waals surface area contributed by atoms with Crippen LogP contribution in [0.25, 0.3) is 0 Å². The fourth-order valence-corrected chi connectivity index (χ4v) is 3.13. The largest absolute Gasteiger partial charge is 0.436 e. The summed E-state index contributed by atoms with van der Waals surface area (Å²) in [5, 5.41) is 0.298. The highest BCUT2D eigenvalue weighted by Gasteiger charge is 2.27. The van der Waals surface area contributed by atoms with Gasteiger partial charge in [-0.1, -0.05) is 18.5 Å². The van der Waals surface area contributed by atoms with Gasteiger partial charge in [0.15, 0.2) is 11.6 Å². The molecule has 138 valence electrons. The normalized spacial score (nSPS) is 17.3. The van der Waals surface area contributed by atoms with E-state index in [0.717, 1.165) is 0 Å². The third-order valence-electron chi connectivity index (χ3n) is 4.31. The molecule has 1 aromatic carbocycles. The zero-order chi connectivity index (χ0) is 18.7. The van der Waals surface area contributed by atoms with Gasteiger partial charge in [-0.3, -0.25) is 4.79 Å². The molecular formula is C18H20ClFN4O2. The summed E-state index contributed by atoms with van der Waals surface area (Å²) >= 11 is 5.75. The van der Waals surface area contributed by atoms with E-state index in [1.807, 2.05) is 18.7 Å². The number of carbonyl (C=O) groups excluding carboxylic acids is 1. The summed E-state index contributed by atoms with van der Waals surface area (Å²) in [4.78, 5) is 24.2. The highest BCUT2D eigenvalue weighted by Crippen LogP contribution is 2.27. The van der Waals surface area contributed by atoms with Crippen LogP contribution in [0.15, 0.2) is 30.6 Å². The molecule has 2 heterocycles. The van der Waals surface area contributed by atoms with Crippen molar-refractivity contribution < 1.29 is 13.9 Å². The van der Waals surface area contributed by atoms with Gasteiger partial charge < -0.3 is 14.5 Å². The molecule has 0 radical (unpaired) electrons. The van der Waals surface area contributed by atoms with Crippen LogP contribution < -0.4 is 9.64 Å². The van der Waals surface area contributed by atoms with Crippen LogP contribution in [0.3, 0.4) is 0 Å². The Morgan fingerprint density at radius 1 is 1.35 bits per heavy atom. The first kappa shape index (κ1) is 18.4. The van der Waals surface area contributed by atoms with Crippen LogP contribution in [-0.4, -0.2) is 46.5 Å². The zero-order valence-corrected chi connectivity index (χ0v) is 15.4. The number of carbonyl (C=O) groups is 1. The number of aromatic nitrogens is 2. The van der Waals surface area contributed by atoms with Crippen molar-refractivity contribution >= 4 is 23.3 Å². The van der Waals surface area contributed by atoms with E-state index in [-0.39, 0.29) is 23.6 Å². The predicted octanol–water partition coefficient (Wildman–Crippen LogP) is 3.51. The molecule has 0 N–H and O–H groups in total. The molecule has 3 rings (SSSR count). The second-order valence-corrected chi connectivity index (χ2v) is 6.56. The molecule has 1 amide bonds. The number of rotatable bonds is 4. The van der Waals surface area contributed by atoms with Crippen LogP contribution in [0.1, 0.15) is 20.3 Å². The second-order valence-electron chi connectivity index (χ2n) is 6.13. The van der Waals surface area contributed by atoms with Crippen molar-refractivity contribution in [2.24, 2.45) is 0 Å². The van der Waals surface area contributed by atoms with E-state index in [9.17, 15) is 9.18 Å². The van der Waals surface area contributed by atoms with Crippen LogP contribution in [0.5, 0.6) is 11.6 Å². The lowest BCUT2D eigenvalue weighted by Crippen LogP contribution is -2.54. The van der Waals surface area contributed by atoms with Crippen LogP contribution in [0.4, 0.5) is 10.2 Å². The fourth-order valence-electron chi connectivity index (χ4n) is 2.97. The molecule has 8 heteroatoms. The Morgan fingerprint density at radius 3 is 2.85 bits per heavy atom. The maximum absolute atomic E-state index is 13.9. The van der Waals surface area contributed by atoms with Crippen LogP contribution in [0.2, 0.25) is 5.02 Å². The lowest BCUT2D eigenvalue weighted by atomic mass is 10.1. The van der Waals surface area contributed by atoms with Gasteiger partial charge in [-0.25, -0.2) is 14.4 Å². The summed E-state index contributed by atoms with van der Waals surface area (Å²) < 4.78 is 19.4. The minimum atomic E-state index is -0.557. The van der Waals surface area contributed by atoms with Crippen molar-refractivity contribution in [3.05, 3.63) is 41.4 Å². The van der Waals surface area contributed by atoms with E-state index in [4.69, 9.17) is 16.3 Å². The number of piperazine rings is 1. The number of halogens is 2. The molecule has 0 spiro atoms. The van der Waals surface area contributed by atoms with Gasteiger partial charge in [-0.05, 0) is 25.1 Å². The minimum absolute atomic E-state index is 0.0470. The van der Waals surface area contributed by atoms with Gasteiger partial charge >= 0.3 is 0 Å². The van der Waals surface area contributed by atoms with E-state index < -0.39 is 5.82 Å². The number of benzene rings is 1. The van der Waals surface area contributed by atoms with Crippen molar-refractivity contribution in [1.82, 2.24) is 14.9 Å². The first-order chi connectivity index (χ1) is 12.5. The summed E-state index contributed by atoms with van der Waals surface area (Å²) in [6.45, 7) is 5.85. The summed E-state index contributed by atoms with van der Waals surface area (Å²) in [6, 6.07) is 5.94. The lowest BCUT2D eigenvalue weighted by molar-refractivity contribution is -0.133. The maximum atomic E-state index is 13.9. The number of hydrogen-bond acceptors (Lipinski definition) is 5. The molecule has 26 heavy (non-hydrogen) atoms. The second kappa shape index (κ2) is 7.86. The number of nitrogens with zero attached hydrogens (tertiary/aromatic N) is 4. The van der Waals surface area contributed by atoms with Gasteiger partial charge in [0, 0.05) is 43.2 Å². The summed E-state index contributed by atoms with van der Waals surface area (Å²) in [7, 11) is 0. The van der Waals surface area contributed by atoms with Crippen molar-refractivity contribution in [2.75, 3.05) is 24.5 Å². The van der Waals surface area contributed by atoms with E-state index in [1.54, 1.807) is 12.1 Å². The van der Waals surface area contributed by atoms with Crippen molar-refractivity contribution in [1.29, 1.82) is 0 Å². The third kappa shape index (κ3) is 4.04. The Labute approximate surface area is 156 Å². The molecule has 0 aliphatic carbocycles. The van der Waals surface area contributed by atoms with Gasteiger partial charge in [0.05, 0.1) is 0 Å². The first-order valence-electron chi connectivity index (χ1n) is 8.47. The van der Waals surface area contributed by atoms with Gasteiger partial charge in [0.25, 0.3) is 0 Å². The van der Waals surface area contributed by atoms with E-state index in [2.05, 4.69) is 14.9 Å². The summed E-state index contributed by atoms with van der Waals surface area (Å²) in [5.41, 5.74) is 0. The van der Waals surface area contributed by atoms with E-state index in [1.165, 1.54) is 18.5 Å². The predicted molar refractivity (Wildman–Crippen MR) is 97.2 cm³/mol. The Bertz CT molecular complexity index is 805. The molecule has 0 saturated carbocycles. The molecule has 6 nitrogen and oxygen atoms in total. The standard InChI is InChI=1S/C18H20ClFN4O2/c1-3-18(25)24-7-6-23(10-12(24)2)16-9-17(22-11-21-16)26-15-5-4-13(19)8-14(15)20/h4-5,8-9,11-12H,3,6-7,10H2,1-2H3/t12-/m0/s1. The average molecular weight is 379 g/mol. The highest BCUT2D eigenvalue weighted by molar-refractivity contribution is 6.30. The van der Waals surface area contributed by atoms with E-state index >= 15 is 0 Å². The quantitative estimate of drug-likeness (QED) is 0.814. The Kier molecular flexibility index (Phi) is 5.56. The summed E-state index contributed by atoms with van der Waals surface area (Å²) in [5.74, 6) is 0.571. The number of ether oxygens (including phenoxy) is 1. The van der Waals surface area contributed by atoms with E-state index in [0.29, 0.717) is 36.9 Å². The van der Waals surface area contributed by atoms with Crippen molar-refractivity contribution in [3.8, 4) is 11.6 Å². The van der Waals surface area contributed by atoms with Crippen LogP contribution >= 0.6 is 11.6 Å². The van der Waals surface area contributed by atoms with Gasteiger partial charge in [-0.2, -0.15) is 0 Å². The van der Waals surface area contributed by atoms with Gasteiger partial charge in [0.1, 0.15) is 12.1 Å². The average Bonchev–Trinajstić information content (AvgIpc) is 2.63. The van der Waals surface area contributed by atoms with Gasteiger partial charge in [0.2, 0.25) is 11.8 Å². The number of hydrogen-bond donors (Lipinski definition) is 0. The molecule has 1 aromatic heterocycles. The Hall–Kier alpha value is -2.41.